The van der Waals surface area contributed by atoms with Gasteiger partial charge in [-0.1, -0.05) is 0 Å². The van der Waals surface area contributed by atoms with Gasteiger partial charge in [0.25, 0.3) is 0 Å². The molecule has 0 saturated carbocycles. The van der Waals surface area contributed by atoms with Crippen LogP contribution < -0.4 is 5.32 Å². The molecule has 0 aromatic carbocycles. The van der Waals surface area contributed by atoms with Crippen molar-refractivity contribution in [3.63, 3.8) is 0 Å². The highest BCUT2D eigenvalue weighted by atomic mass is 35.5. The Morgan fingerprint density at radius 3 is 2.72 bits per heavy atom. The predicted octanol–water partition coefficient (Wildman–Crippen LogP) is 2.31. The van der Waals surface area contributed by atoms with E-state index in [9.17, 15) is 4.39 Å². The van der Waals surface area contributed by atoms with Crippen molar-refractivity contribution < 1.29 is 4.39 Å². The number of hydrogen-bond acceptors (Lipinski definition) is 4. The number of fused-ring (bicyclic) bond motifs is 2. The quantitative estimate of drug-likeness (QED) is 0.838. The molecule has 2 fully saturated rings. The number of halogens is 2. The van der Waals surface area contributed by atoms with Crippen molar-refractivity contribution in [2.75, 3.05) is 12.4 Å². The molecule has 2 aliphatic heterocycles. The van der Waals surface area contributed by atoms with Crippen molar-refractivity contribution in [1.82, 2.24) is 14.9 Å². The van der Waals surface area contributed by atoms with E-state index in [1.165, 1.54) is 12.8 Å². The van der Waals surface area contributed by atoms with Crippen LogP contribution in [0.3, 0.4) is 0 Å². The molecule has 3 heterocycles. The average molecular weight is 271 g/mol. The third kappa shape index (κ3) is 2.17. The number of nitrogens with one attached hydrogen (secondary N) is 1. The number of anilines is 1. The van der Waals surface area contributed by atoms with Crippen LogP contribution in [-0.4, -0.2) is 40.0 Å². The van der Waals surface area contributed by atoms with E-state index in [4.69, 9.17) is 11.6 Å². The monoisotopic (exact) mass is 270 g/mol. The summed E-state index contributed by atoms with van der Waals surface area (Å²) in [6.07, 6.45) is 5.67. The molecule has 3 atom stereocenters. The first kappa shape index (κ1) is 12.1. The highest BCUT2D eigenvalue weighted by Gasteiger charge is 2.38. The number of nitrogens with zero attached hydrogens (tertiary/aromatic N) is 3. The van der Waals surface area contributed by atoms with Crippen LogP contribution in [0.1, 0.15) is 25.7 Å². The second kappa shape index (κ2) is 4.63. The summed E-state index contributed by atoms with van der Waals surface area (Å²) in [6.45, 7) is 0. The largest absolute Gasteiger partial charge is 0.365 e. The number of rotatable bonds is 2. The van der Waals surface area contributed by atoms with E-state index in [0.29, 0.717) is 12.1 Å². The third-order valence-electron chi connectivity index (χ3n) is 4.15. The summed E-state index contributed by atoms with van der Waals surface area (Å²) < 4.78 is 13.6. The van der Waals surface area contributed by atoms with E-state index in [1.54, 1.807) is 0 Å². The highest BCUT2D eigenvalue weighted by molar-refractivity contribution is 6.28. The Morgan fingerprint density at radius 2 is 2.06 bits per heavy atom. The smallest absolute Gasteiger partial charge is 0.224 e. The Hall–Kier alpha value is -0.940. The Kier molecular flexibility index (Phi) is 3.11. The lowest BCUT2D eigenvalue weighted by Gasteiger charge is -2.36. The number of hydrogen-bond donors (Lipinski definition) is 1. The number of piperidine rings is 1. The van der Waals surface area contributed by atoms with Gasteiger partial charge in [0.1, 0.15) is 0 Å². The second-order valence-electron chi connectivity index (χ2n) is 5.20. The van der Waals surface area contributed by atoms with Gasteiger partial charge in [0.2, 0.25) is 5.28 Å². The molecular weight excluding hydrogens is 255 g/mol. The minimum absolute atomic E-state index is 0.0785. The first-order valence-corrected chi connectivity index (χ1v) is 6.68. The van der Waals surface area contributed by atoms with Gasteiger partial charge in [0, 0.05) is 18.1 Å². The first-order chi connectivity index (χ1) is 8.63. The molecule has 1 N–H and O–H groups in total. The first-order valence-electron chi connectivity index (χ1n) is 6.30. The summed E-state index contributed by atoms with van der Waals surface area (Å²) in [6, 6.07) is 1.50. The van der Waals surface area contributed by atoms with E-state index in [0.717, 1.165) is 19.0 Å². The molecule has 0 aliphatic carbocycles. The molecule has 98 valence electrons. The van der Waals surface area contributed by atoms with Gasteiger partial charge in [0.15, 0.2) is 11.6 Å². The minimum atomic E-state index is -0.439. The van der Waals surface area contributed by atoms with Gasteiger partial charge >= 0.3 is 0 Å². The van der Waals surface area contributed by atoms with E-state index in [-0.39, 0.29) is 17.1 Å². The van der Waals surface area contributed by atoms with Crippen LogP contribution in [-0.2, 0) is 0 Å². The lowest BCUT2D eigenvalue weighted by molar-refractivity contribution is 0.168. The highest BCUT2D eigenvalue weighted by Crippen LogP contribution is 2.35. The molecule has 0 amide bonds. The molecule has 0 spiro atoms. The lowest BCUT2D eigenvalue weighted by Crippen LogP contribution is -2.44. The Bertz CT molecular complexity index is 442. The van der Waals surface area contributed by atoms with Gasteiger partial charge in [-0.3, -0.25) is 0 Å². The van der Waals surface area contributed by atoms with Gasteiger partial charge in [0.05, 0.1) is 6.20 Å². The molecule has 2 aliphatic rings. The summed E-state index contributed by atoms with van der Waals surface area (Å²) in [5, 5.41) is 3.25. The summed E-state index contributed by atoms with van der Waals surface area (Å²) in [5.74, 6) is -0.213. The van der Waals surface area contributed by atoms with Crippen molar-refractivity contribution in [2.45, 2.75) is 43.8 Å². The Morgan fingerprint density at radius 1 is 1.39 bits per heavy atom. The maximum Gasteiger partial charge on any atom is 0.224 e. The third-order valence-corrected chi connectivity index (χ3v) is 4.34. The van der Waals surface area contributed by atoms with Crippen LogP contribution in [0.25, 0.3) is 0 Å². The molecule has 18 heavy (non-hydrogen) atoms. The van der Waals surface area contributed by atoms with E-state index in [2.05, 4.69) is 27.2 Å². The summed E-state index contributed by atoms with van der Waals surface area (Å²) >= 11 is 5.69. The standard InChI is InChI=1S/C12H16ClFN4/c1-18-8-2-3-9(18)5-7(4-8)16-11-10(14)6-15-12(13)17-11/h6-9H,2-5H2,1H3,(H,15,16,17)/t7?,8-,9+. The Balaban J connectivity index is 1.72. The fourth-order valence-corrected chi connectivity index (χ4v) is 3.30. The topological polar surface area (TPSA) is 41.0 Å². The van der Waals surface area contributed by atoms with Crippen LogP contribution >= 0.6 is 11.6 Å². The van der Waals surface area contributed by atoms with Gasteiger partial charge in [-0.2, -0.15) is 4.98 Å². The molecule has 2 bridgehead atoms. The van der Waals surface area contributed by atoms with Gasteiger partial charge in [-0.25, -0.2) is 9.37 Å². The SMILES string of the molecule is CN1[C@@H]2CC[C@H]1CC(Nc1nc(Cl)ncc1F)C2. The lowest BCUT2D eigenvalue weighted by atomic mass is 9.98. The summed E-state index contributed by atoms with van der Waals surface area (Å²) in [4.78, 5) is 9.97. The van der Waals surface area contributed by atoms with Crippen molar-refractivity contribution in [3.8, 4) is 0 Å². The molecule has 0 radical (unpaired) electrons. The fraction of sp³-hybridized carbons (Fsp3) is 0.667. The maximum absolute atomic E-state index is 13.6. The van der Waals surface area contributed by atoms with E-state index in [1.807, 2.05) is 0 Å². The fourth-order valence-electron chi connectivity index (χ4n) is 3.17. The molecule has 6 heteroatoms. The van der Waals surface area contributed by atoms with Crippen molar-refractivity contribution in [3.05, 3.63) is 17.3 Å². The summed E-state index contributed by atoms with van der Waals surface area (Å²) in [5.41, 5.74) is 0. The average Bonchev–Trinajstić information content (AvgIpc) is 2.58. The minimum Gasteiger partial charge on any atom is -0.365 e. The Labute approximate surface area is 111 Å². The van der Waals surface area contributed by atoms with Crippen LogP contribution in [0.5, 0.6) is 0 Å². The van der Waals surface area contributed by atoms with E-state index >= 15 is 0 Å². The zero-order valence-electron chi connectivity index (χ0n) is 10.2. The normalized spacial score (nSPS) is 31.6. The predicted molar refractivity (Wildman–Crippen MR) is 68.2 cm³/mol. The molecule has 1 unspecified atom stereocenters. The van der Waals surface area contributed by atoms with Crippen LogP contribution in [0.4, 0.5) is 10.2 Å². The van der Waals surface area contributed by atoms with Crippen LogP contribution in [0, 0.1) is 5.82 Å². The molecule has 4 nitrogen and oxygen atoms in total. The second-order valence-corrected chi connectivity index (χ2v) is 5.54. The van der Waals surface area contributed by atoms with Gasteiger partial charge in [-0.15, -0.1) is 0 Å². The molecule has 1 aromatic heterocycles. The summed E-state index contributed by atoms with van der Waals surface area (Å²) in [7, 11) is 2.18. The zero-order valence-corrected chi connectivity index (χ0v) is 11.0. The van der Waals surface area contributed by atoms with Gasteiger partial charge < -0.3 is 10.2 Å². The van der Waals surface area contributed by atoms with E-state index < -0.39 is 5.82 Å². The molecule has 3 rings (SSSR count). The molecule has 2 saturated heterocycles. The van der Waals surface area contributed by atoms with Crippen molar-refractivity contribution in [2.24, 2.45) is 0 Å². The molecular formula is C12H16ClFN4. The van der Waals surface area contributed by atoms with Gasteiger partial charge in [-0.05, 0) is 44.3 Å². The number of aromatic nitrogens is 2. The zero-order chi connectivity index (χ0) is 12.7. The van der Waals surface area contributed by atoms with Crippen LogP contribution in [0.15, 0.2) is 6.20 Å². The van der Waals surface area contributed by atoms with Crippen molar-refractivity contribution in [1.29, 1.82) is 0 Å². The van der Waals surface area contributed by atoms with Crippen molar-refractivity contribution >= 4 is 17.4 Å². The van der Waals surface area contributed by atoms with Crippen LogP contribution in [0.2, 0.25) is 5.28 Å². The molecule has 1 aromatic rings. The maximum atomic E-state index is 13.6.